The molecule has 5 nitrogen and oxygen atoms in total. The molecule has 1 aliphatic heterocycles. The van der Waals surface area contributed by atoms with E-state index >= 15 is 0 Å². The molecule has 0 spiro atoms. The number of nitrogens with one attached hydrogen (secondary N) is 1. The first kappa shape index (κ1) is 15.8. The summed E-state index contributed by atoms with van der Waals surface area (Å²) < 4.78 is 10.7. The van der Waals surface area contributed by atoms with Crippen LogP contribution in [0.3, 0.4) is 0 Å². The number of ether oxygens (including phenoxy) is 2. The van der Waals surface area contributed by atoms with Crippen LogP contribution in [0.15, 0.2) is 24.3 Å². The number of hydrogen-bond acceptors (Lipinski definition) is 4. The van der Waals surface area contributed by atoms with E-state index in [-0.39, 0.29) is 18.0 Å². The Labute approximate surface area is 125 Å². The van der Waals surface area contributed by atoms with E-state index < -0.39 is 5.41 Å². The Morgan fingerprint density at radius 3 is 2.86 bits per heavy atom. The van der Waals surface area contributed by atoms with E-state index in [0.717, 1.165) is 17.7 Å². The van der Waals surface area contributed by atoms with E-state index in [0.29, 0.717) is 13.2 Å². The number of rotatable bonds is 5. The molecule has 1 aromatic carbocycles. The number of amides is 1. The maximum Gasteiger partial charge on any atom is 0.230 e. The molecular formula is C16H24N2O3. The van der Waals surface area contributed by atoms with Crippen molar-refractivity contribution in [3.05, 3.63) is 29.8 Å². The lowest BCUT2D eigenvalue weighted by Crippen LogP contribution is -2.50. The van der Waals surface area contributed by atoms with Gasteiger partial charge in [0.25, 0.3) is 0 Å². The van der Waals surface area contributed by atoms with Crippen LogP contribution < -0.4 is 15.8 Å². The summed E-state index contributed by atoms with van der Waals surface area (Å²) >= 11 is 0. The highest BCUT2D eigenvalue weighted by Gasteiger charge is 2.44. The molecule has 116 valence electrons. The van der Waals surface area contributed by atoms with Gasteiger partial charge in [-0.05, 0) is 19.4 Å². The molecule has 0 radical (unpaired) electrons. The molecule has 1 aliphatic rings. The first-order valence-electron chi connectivity index (χ1n) is 7.30. The van der Waals surface area contributed by atoms with Gasteiger partial charge in [0.1, 0.15) is 5.75 Å². The number of methoxy groups -OCH3 is 1. The monoisotopic (exact) mass is 292 g/mol. The van der Waals surface area contributed by atoms with E-state index in [9.17, 15) is 4.79 Å². The molecule has 21 heavy (non-hydrogen) atoms. The molecule has 1 saturated heterocycles. The smallest absolute Gasteiger partial charge is 0.230 e. The van der Waals surface area contributed by atoms with E-state index in [1.165, 1.54) is 0 Å². The second kappa shape index (κ2) is 6.45. The molecule has 3 atom stereocenters. The molecular weight excluding hydrogens is 268 g/mol. The second-order valence-corrected chi connectivity index (χ2v) is 5.72. The Morgan fingerprint density at radius 1 is 1.57 bits per heavy atom. The van der Waals surface area contributed by atoms with Gasteiger partial charge < -0.3 is 20.5 Å². The molecule has 1 heterocycles. The predicted octanol–water partition coefficient (Wildman–Crippen LogP) is 1.63. The molecule has 0 aliphatic carbocycles. The molecule has 1 fully saturated rings. The highest BCUT2D eigenvalue weighted by Crippen LogP contribution is 2.31. The zero-order valence-corrected chi connectivity index (χ0v) is 12.9. The molecule has 2 rings (SSSR count). The van der Waals surface area contributed by atoms with Gasteiger partial charge in [0.05, 0.1) is 31.8 Å². The summed E-state index contributed by atoms with van der Waals surface area (Å²) in [6.45, 7) is 4.68. The zero-order valence-electron chi connectivity index (χ0n) is 12.9. The van der Waals surface area contributed by atoms with Gasteiger partial charge >= 0.3 is 0 Å². The summed E-state index contributed by atoms with van der Waals surface area (Å²) in [4.78, 5) is 12.6. The SMILES string of the molecule is CCC(NC(=O)C1(C)COCC1N)c1ccccc1OC. The van der Waals surface area contributed by atoms with E-state index in [1.54, 1.807) is 7.11 Å². The fraction of sp³-hybridized carbons (Fsp3) is 0.562. The predicted molar refractivity (Wildman–Crippen MR) is 81.1 cm³/mol. The van der Waals surface area contributed by atoms with Crippen LogP contribution in [0.5, 0.6) is 5.75 Å². The number of nitrogens with two attached hydrogens (primary N) is 1. The zero-order chi connectivity index (χ0) is 15.5. The van der Waals surface area contributed by atoms with Gasteiger partial charge in [-0.25, -0.2) is 0 Å². The van der Waals surface area contributed by atoms with Crippen molar-refractivity contribution in [3.63, 3.8) is 0 Å². The normalized spacial score (nSPS) is 26.4. The maximum absolute atomic E-state index is 12.6. The van der Waals surface area contributed by atoms with Crippen LogP contribution >= 0.6 is 0 Å². The lowest BCUT2D eigenvalue weighted by atomic mass is 9.84. The first-order chi connectivity index (χ1) is 10.0. The van der Waals surface area contributed by atoms with Crippen molar-refractivity contribution in [2.24, 2.45) is 11.1 Å². The summed E-state index contributed by atoms with van der Waals surface area (Å²) in [6.07, 6.45) is 0.776. The van der Waals surface area contributed by atoms with Crippen molar-refractivity contribution >= 4 is 5.91 Å². The molecule has 1 aromatic rings. The number of benzene rings is 1. The van der Waals surface area contributed by atoms with Crippen molar-refractivity contribution in [1.82, 2.24) is 5.32 Å². The summed E-state index contributed by atoms with van der Waals surface area (Å²) in [5, 5.41) is 3.09. The van der Waals surface area contributed by atoms with Crippen LogP contribution in [0.25, 0.3) is 0 Å². The van der Waals surface area contributed by atoms with Crippen molar-refractivity contribution in [3.8, 4) is 5.75 Å². The molecule has 3 unspecified atom stereocenters. The van der Waals surface area contributed by atoms with Crippen LogP contribution in [-0.4, -0.2) is 32.3 Å². The topological polar surface area (TPSA) is 73.6 Å². The van der Waals surface area contributed by atoms with Crippen LogP contribution in [0.2, 0.25) is 0 Å². The van der Waals surface area contributed by atoms with Gasteiger partial charge in [-0.1, -0.05) is 25.1 Å². The summed E-state index contributed by atoms with van der Waals surface area (Å²) in [7, 11) is 1.63. The average molecular weight is 292 g/mol. The Hall–Kier alpha value is -1.59. The second-order valence-electron chi connectivity index (χ2n) is 5.72. The minimum Gasteiger partial charge on any atom is -0.496 e. The van der Waals surface area contributed by atoms with Crippen molar-refractivity contribution in [2.75, 3.05) is 20.3 Å². The van der Waals surface area contributed by atoms with Gasteiger partial charge in [0.15, 0.2) is 0 Å². The lowest BCUT2D eigenvalue weighted by molar-refractivity contribution is -0.131. The Balaban J connectivity index is 2.17. The fourth-order valence-electron chi connectivity index (χ4n) is 2.60. The van der Waals surface area contributed by atoms with E-state index in [2.05, 4.69) is 5.32 Å². The molecule has 1 amide bonds. The third-order valence-corrected chi connectivity index (χ3v) is 4.26. The number of hydrogen-bond donors (Lipinski definition) is 2. The van der Waals surface area contributed by atoms with Crippen LogP contribution in [-0.2, 0) is 9.53 Å². The highest BCUT2D eigenvalue weighted by atomic mass is 16.5. The van der Waals surface area contributed by atoms with Gasteiger partial charge in [0, 0.05) is 11.6 Å². The largest absolute Gasteiger partial charge is 0.496 e. The number of carbonyl (C=O) groups excluding carboxylic acids is 1. The average Bonchev–Trinajstić information content (AvgIpc) is 2.85. The van der Waals surface area contributed by atoms with E-state index in [1.807, 2.05) is 38.1 Å². The van der Waals surface area contributed by atoms with Gasteiger partial charge in [0.2, 0.25) is 5.91 Å². The number of carbonyl (C=O) groups is 1. The highest BCUT2D eigenvalue weighted by molar-refractivity contribution is 5.84. The number of para-hydroxylation sites is 1. The quantitative estimate of drug-likeness (QED) is 0.865. The minimum absolute atomic E-state index is 0.0646. The minimum atomic E-state index is -0.671. The van der Waals surface area contributed by atoms with Gasteiger partial charge in [-0.2, -0.15) is 0 Å². The molecule has 0 saturated carbocycles. The lowest BCUT2D eigenvalue weighted by Gasteiger charge is -2.29. The molecule has 0 bridgehead atoms. The van der Waals surface area contributed by atoms with Crippen LogP contribution in [0.4, 0.5) is 0 Å². The Kier molecular flexibility index (Phi) is 4.85. The fourth-order valence-corrected chi connectivity index (χ4v) is 2.60. The summed E-state index contributed by atoms with van der Waals surface area (Å²) in [6, 6.07) is 7.36. The molecule has 0 aromatic heterocycles. The first-order valence-corrected chi connectivity index (χ1v) is 7.30. The van der Waals surface area contributed by atoms with Crippen molar-refractivity contribution in [1.29, 1.82) is 0 Å². The van der Waals surface area contributed by atoms with Gasteiger partial charge in [-0.15, -0.1) is 0 Å². The molecule has 3 N–H and O–H groups in total. The van der Waals surface area contributed by atoms with Crippen LogP contribution in [0, 0.1) is 5.41 Å². The maximum atomic E-state index is 12.6. The Morgan fingerprint density at radius 2 is 2.29 bits per heavy atom. The standard InChI is InChI=1S/C16H24N2O3/c1-4-12(11-7-5-6-8-13(11)20-3)18-15(19)16(2)10-21-9-14(16)17/h5-8,12,14H,4,9-10,17H2,1-3H3,(H,18,19). The molecule has 5 heteroatoms. The van der Waals surface area contributed by atoms with E-state index in [4.69, 9.17) is 15.2 Å². The van der Waals surface area contributed by atoms with Gasteiger partial charge in [-0.3, -0.25) is 4.79 Å². The summed E-state index contributed by atoms with van der Waals surface area (Å²) in [5.41, 5.74) is 6.32. The third-order valence-electron chi connectivity index (χ3n) is 4.26. The Bertz CT molecular complexity index is 506. The van der Waals surface area contributed by atoms with Crippen molar-refractivity contribution < 1.29 is 14.3 Å². The summed E-state index contributed by atoms with van der Waals surface area (Å²) in [5.74, 6) is 0.715. The van der Waals surface area contributed by atoms with Crippen molar-refractivity contribution in [2.45, 2.75) is 32.4 Å². The van der Waals surface area contributed by atoms with Crippen LogP contribution in [0.1, 0.15) is 31.9 Å². The third kappa shape index (κ3) is 3.04.